The number of ether oxygens (including phenoxy) is 2. The molecule has 1 N–H and O–H groups in total. The third-order valence-electron chi connectivity index (χ3n) is 7.58. The third kappa shape index (κ3) is 5.57. The number of carbonyl (C=O) groups excluding carboxylic acids is 2. The van der Waals surface area contributed by atoms with E-state index in [1.807, 2.05) is 6.92 Å². The lowest BCUT2D eigenvalue weighted by Gasteiger charge is -2.36. The summed E-state index contributed by atoms with van der Waals surface area (Å²) in [4.78, 5) is 39.2. The van der Waals surface area contributed by atoms with Gasteiger partial charge in [0.1, 0.15) is 18.4 Å². The Morgan fingerprint density at radius 2 is 2.02 bits per heavy atom. The summed E-state index contributed by atoms with van der Waals surface area (Å²) in [6.45, 7) is 4.55. The van der Waals surface area contributed by atoms with Crippen LogP contribution < -0.4 is 19.9 Å². The molecule has 15 heteroatoms. The molecule has 12 nitrogen and oxygen atoms in total. The van der Waals surface area contributed by atoms with Gasteiger partial charge in [-0.15, -0.1) is 5.10 Å². The first-order valence-electron chi connectivity index (χ1n) is 13.7. The van der Waals surface area contributed by atoms with Gasteiger partial charge in [-0.25, -0.2) is 19.3 Å². The molecule has 0 aliphatic carbocycles. The monoisotopic (exact) mass is 622 g/mol. The van der Waals surface area contributed by atoms with Crippen LogP contribution in [0.4, 0.5) is 24.8 Å². The number of rotatable bonds is 9. The van der Waals surface area contributed by atoms with E-state index >= 15 is 0 Å². The maximum absolute atomic E-state index is 13.6. The summed E-state index contributed by atoms with van der Waals surface area (Å²) in [5, 5.41) is 16.2. The molecule has 0 spiro atoms. The molecule has 45 heavy (non-hydrogen) atoms. The van der Waals surface area contributed by atoms with Crippen LogP contribution >= 0.6 is 0 Å². The second-order valence-corrected chi connectivity index (χ2v) is 10.0. The molecule has 0 radical (unpaired) electrons. The Bertz CT molecular complexity index is 1920. The van der Waals surface area contributed by atoms with E-state index in [1.54, 1.807) is 33.7 Å². The number of hydrogen-bond donors (Lipinski definition) is 1. The van der Waals surface area contributed by atoms with Crippen molar-refractivity contribution in [1.82, 2.24) is 19.3 Å². The number of benzene rings is 2. The molecule has 2 aromatic carbocycles. The molecule has 1 aliphatic heterocycles. The van der Waals surface area contributed by atoms with Crippen molar-refractivity contribution in [1.29, 1.82) is 5.26 Å². The van der Waals surface area contributed by atoms with Crippen LogP contribution in [0.2, 0.25) is 0 Å². The number of allylic oxidation sites excluding steroid dienone is 1. The quantitative estimate of drug-likeness (QED) is 0.170. The number of esters is 1. The SMILES string of the molecule is CCn1cc[n+](CCc2cc(C#N)ccc2[C@@H]2C(C(=O)OC)=C(C)N(c3cccc(C(F)(F)F)c3)c3n[nH]c(=O)n32)c1OC=O. The second-order valence-electron chi connectivity index (χ2n) is 10.0. The zero-order valence-corrected chi connectivity index (χ0v) is 24.3. The minimum absolute atomic E-state index is 0.0158. The summed E-state index contributed by atoms with van der Waals surface area (Å²) in [5.41, 5.74) is -0.134. The van der Waals surface area contributed by atoms with Crippen LogP contribution in [0.5, 0.6) is 6.01 Å². The Morgan fingerprint density at radius 3 is 2.69 bits per heavy atom. The van der Waals surface area contributed by atoms with E-state index in [0.717, 1.165) is 19.2 Å². The molecular weight excluding hydrogens is 595 g/mol. The van der Waals surface area contributed by atoms with Crippen LogP contribution in [0.15, 0.2) is 70.9 Å². The number of carbonyl (C=O) groups is 2. The molecule has 2 aromatic heterocycles. The summed E-state index contributed by atoms with van der Waals surface area (Å²) in [6.07, 6.45) is -0.908. The molecule has 0 saturated carbocycles. The van der Waals surface area contributed by atoms with Crippen LogP contribution in [-0.2, 0) is 40.0 Å². The molecule has 232 valence electrons. The van der Waals surface area contributed by atoms with E-state index in [1.165, 1.54) is 34.6 Å². The first-order chi connectivity index (χ1) is 21.5. The predicted octanol–water partition coefficient (Wildman–Crippen LogP) is 3.54. The number of anilines is 2. The van der Waals surface area contributed by atoms with Crippen LogP contribution in [0.3, 0.4) is 0 Å². The molecule has 0 bridgehead atoms. The lowest BCUT2D eigenvalue weighted by Crippen LogP contribution is -2.38. The predicted molar refractivity (Wildman–Crippen MR) is 151 cm³/mol. The fourth-order valence-corrected chi connectivity index (χ4v) is 5.52. The van der Waals surface area contributed by atoms with Gasteiger partial charge in [0.2, 0.25) is 5.95 Å². The second kappa shape index (κ2) is 12.2. The molecule has 0 amide bonds. The number of nitriles is 1. The zero-order valence-electron chi connectivity index (χ0n) is 24.3. The van der Waals surface area contributed by atoms with Gasteiger partial charge in [0.25, 0.3) is 0 Å². The zero-order chi connectivity index (χ0) is 32.5. The average Bonchev–Trinajstić information content (AvgIpc) is 3.61. The van der Waals surface area contributed by atoms with Crippen molar-refractivity contribution in [2.45, 2.75) is 45.6 Å². The largest absolute Gasteiger partial charge is 0.466 e. The van der Waals surface area contributed by atoms with Gasteiger partial charge in [0.05, 0.1) is 43.0 Å². The average molecular weight is 623 g/mol. The Hall–Kier alpha value is -5.65. The highest BCUT2D eigenvalue weighted by Crippen LogP contribution is 2.43. The molecule has 1 aliphatic rings. The van der Waals surface area contributed by atoms with Gasteiger partial charge >= 0.3 is 30.3 Å². The number of hydrogen-bond acceptors (Lipinski definition) is 8. The standard InChI is InChI=1S/C30H26F3N7O5/c1-4-37-12-13-38(29(37)45-17-41)11-10-20-14-19(16-34)8-9-23(20)25-24(26(42)44-3)18(2)39(27-35-36-28(43)40(25)27)22-7-5-6-21(15-22)30(31,32)33/h5-9,12-15,17,25H,4,10-11H2,1-3H3/p+1/t25-/m1/s1. The lowest BCUT2D eigenvalue weighted by molar-refractivity contribution is -0.699. The van der Waals surface area contributed by atoms with Crippen molar-refractivity contribution in [3.05, 3.63) is 98.9 Å². The van der Waals surface area contributed by atoms with Crippen molar-refractivity contribution >= 4 is 24.1 Å². The number of fused-ring (bicyclic) bond motifs is 1. The highest BCUT2D eigenvalue weighted by molar-refractivity contribution is 5.93. The number of methoxy groups -OCH3 is 1. The highest BCUT2D eigenvalue weighted by atomic mass is 19.4. The van der Waals surface area contributed by atoms with Gasteiger partial charge in [0, 0.05) is 17.8 Å². The van der Waals surface area contributed by atoms with Crippen LogP contribution in [0, 0.1) is 11.3 Å². The van der Waals surface area contributed by atoms with Gasteiger partial charge < -0.3 is 9.47 Å². The summed E-state index contributed by atoms with van der Waals surface area (Å²) in [7, 11) is 1.16. The summed E-state index contributed by atoms with van der Waals surface area (Å²) in [5.74, 6) is -0.875. The van der Waals surface area contributed by atoms with E-state index in [2.05, 4.69) is 16.3 Å². The van der Waals surface area contributed by atoms with Crippen LogP contribution in [0.25, 0.3) is 0 Å². The summed E-state index contributed by atoms with van der Waals surface area (Å²) < 4.78 is 55.8. The highest BCUT2D eigenvalue weighted by Gasteiger charge is 2.41. The number of nitrogens with one attached hydrogen (secondary N) is 1. The lowest BCUT2D eigenvalue weighted by atomic mass is 9.89. The molecule has 0 unspecified atom stereocenters. The van der Waals surface area contributed by atoms with Gasteiger partial charge in [-0.3, -0.25) is 9.69 Å². The number of alkyl halides is 3. The van der Waals surface area contributed by atoms with Crippen molar-refractivity contribution in [3.63, 3.8) is 0 Å². The Balaban J connectivity index is 1.69. The Labute approximate surface area is 254 Å². The van der Waals surface area contributed by atoms with Gasteiger partial charge in [-0.05, 0) is 55.3 Å². The van der Waals surface area contributed by atoms with Crippen LogP contribution in [0.1, 0.15) is 42.1 Å². The normalized spacial score (nSPS) is 14.6. The number of aryl methyl sites for hydroxylation is 3. The van der Waals surface area contributed by atoms with Crippen molar-refractivity contribution < 1.29 is 36.8 Å². The molecule has 4 aromatic rings. The van der Waals surface area contributed by atoms with Crippen molar-refractivity contribution in [3.8, 4) is 12.1 Å². The number of H-pyrrole nitrogens is 1. The molecule has 1 atom stereocenters. The summed E-state index contributed by atoms with van der Waals surface area (Å²) in [6, 6.07) is 10.5. The molecule has 5 rings (SSSR count). The molecule has 0 saturated heterocycles. The maximum Gasteiger partial charge on any atom is 0.463 e. The van der Waals surface area contributed by atoms with Crippen molar-refractivity contribution in [2.24, 2.45) is 0 Å². The fraction of sp³-hybridized carbons (Fsp3) is 0.267. The number of imidazole rings is 1. The minimum Gasteiger partial charge on any atom is -0.466 e. The van der Waals surface area contributed by atoms with Crippen molar-refractivity contribution in [2.75, 3.05) is 12.0 Å². The number of aromatic nitrogens is 5. The number of halogens is 3. The first kappa shape index (κ1) is 30.8. The van der Waals surface area contributed by atoms with E-state index < -0.39 is 29.4 Å². The van der Waals surface area contributed by atoms with Gasteiger partial charge in [0.15, 0.2) is 0 Å². The van der Waals surface area contributed by atoms with E-state index in [4.69, 9.17) is 9.47 Å². The maximum atomic E-state index is 13.6. The summed E-state index contributed by atoms with van der Waals surface area (Å²) >= 11 is 0. The number of aromatic amines is 1. The number of nitrogens with zero attached hydrogens (tertiary/aromatic N) is 6. The van der Waals surface area contributed by atoms with Crippen LogP contribution in [-0.4, -0.2) is 38.9 Å². The fourth-order valence-electron chi connectivity index (χ4n) is 5.52. The van der Waals surface area contributed by atoms with E-state index in [-0.39, 0.29) is 35.9 Å². The minimum atomic E-state index is -4.65. The van der Waals surface area contributed by atoms with Gasteiger partial charge in [-0.1, -0.05) is 12.1 Å². The molecular formula is C30H27F3N7O5+. The third-order valence-corrected chi connectivity index (χ3v) is 7.58. The molecule has 3 heterocycles. The smallest absolute Gasteiger partial charge is 0.463 e. The topological polar surface area (TPSA) is 139 Å². The first-order valence-corrected chi connectivity index (χ1v) is 13.7. The Morgan fingerprint density at radius 1 is 1.24 bits per heavy atom. The Kier molecular flexibility index (Phi) is 8.32. The van der Waals surface area contributed by atoms with E-state index in [9.17, 15) is 32.8 Å². The van der Waals surface area contributed by atoms with Gasteiger partial charge in [-0.2, -0.15) is 27.6 Å². The van der Waals surface area contributed by atoms with E-state index in [0.29, 0.717) is 35.7 Å². The molecule has 0 fully saturated rings.